The van der Waals surface area contributed by atoms with Crippen LogP contribution in [0.15, 0.2) is 0 Å². The first-order valence-corrected chi connectivity index (χ1v) is 5.38. The van der Waals surface area contributed by atoms with Crippen LogP contribution in [0.2, 0.25) is 0 Å². The van der Waals surface area contributed by atoms with Crippen molar-refractivity contribution in [1.29, 1.82) is 0 Å². The van der Waals surface area contributed by atoms with E-state index in [9.17, 15) is 18.0 Å². The molecule has 18 heavy (non-hydrogen) atoms. The van der Waals surface area contributed by atoms with Crippen LogP contribution in [0.1, 0.15) is 13.3 Å². The molecule has 0 spiro atoms. The number of carbonyl (C=O) groups is 1. The molecule has 0 saturated carbocycles. The second-order valence-corrected chi connectivity index (χ2v) is 4.02. The zero-order valence-electron chi connectivity index (χ0n) is 10.3. The first-order valence-electron chi connectivity index (χ1n) is 5.38. The molecule has 1 rings (SSSR count). The summed E-state index contributed by atoms with van der Waals surface area (Å²) in [4.78, 5) is 10.9. The number of hydrogen-bond donors (Lipinski definition) is 1. The van der Waals surface area contributed by atoms with Gasteiger partial charge in [-0.1, -0.05) is 0 Å². The van der Waals surface area contributed by atoms with E-state index in [1.165, 1.54) is 14.2 Å². The molecule has 0 aliphatic carbocycles. The van der Waals surface area contributed by atoms with Crippen LogP contribution in [0.3, 0.4) is 0 Å². The quantitative estimate of drug-likeness (QED) is 0.826. The van der Waals surface area contributed by atoms with Gasteiger partial charge in [-0.2, -0.15) is 13.2 Å². The van der Waals surface area contributed by atoms with Crippen LogP contribution < -0.4 is 5.32 Å². The van der Waals surface area contributed by atoms with E-state index in [4.69, 9.17) is 14.2 Å². The first-order chi connectivity index (χ1) is 8.29. The minimum atomic E-state index is -4.91. The summed E-state index contributed by atoms with van der Waals surface area (Å²) in [5.74, 6) is -1.99. The van der Waals surface area contributed by atoms with Crippen molar-refractivity contribution < 1.29 is 32.2 Å². The summed E-state index contributed by atoms with van der Waals surface area (Å²) >= 11 is 0. The number of halogens is 3. The predicted octanol–water partition coefficient (Wildman–Crippen LogP) is 0.830. The third kappa shape index (κ3) is 3.56. The monoisotopic (exact) mass is 271 g/mol. The van der Waals surface area contributed by atoms with Crippen molar-refractivity contribution in [3.63, 3.8) is 0 Å². The smallest absolute Gasteiger partial charge is 0.377 e. The van der Waals surface area contributed by atoms with E-state index in [1.54, 1.807) is 6.92 Å². The van der Waals surface area contributed by atoms with E-state index >= 15 is 0 Å². The first kappa shape index (κ1) is 15.2. The molecule has 1 heterocycles. The van der Waals surface area contributed by atoms with Gasteiger partial charge in [0, 0.05) is 20.6 Å². The maximum atomic E-state index is 12.2. The lowest BCUT2D eigenvalue weighted by Gasteiger charge is -2.39. The predicted molar refractivity (Wildman–Crippen MR) is 54.7 cm³/mol. The number of alkyl halides is 3. The Bertz CT molecular complexity index is 297. The number of amides is 1. The van der Waals surface area contributed by atoms with Crippen molar-refractivity contribution >= 4 is 5.91 Å². The fourth-order valence-electron chi connectivity index (χ4n) is 1.94. The zero-order chi connectivity index (χ0) is 13.9. The van der Waals surface area contributed by atoms with Crippen LogP contribution in [-0.4, -0.2) is 50.8 Å². The molecule has 0 radical (unpaired) electrons. The summed E-state index contributed by atoms with van der Waals surface area (Å²) in [6.07, 6.45) is -6.61. The van der Waals surface area contributed by atoms with Crippen LogP contribution in [0.25, 0.3) is 0 Å². The van der Waals surface area contributed by atoms with Gasteiger partial charge in [-0.05, 0) is 6.92 Å². The van der Waals surface area contributed by atoms with Gasteiger partial charge in [0.15, 0.2) is 6.29 Å². The van der Waals surface area contributed by atoms with Crippen LogP contribution in [-0.2, 0) is 19.0 Å². The molecule has 0 unspecified atom stereocenters. The standard InChI is InChI=1S/C10H16F3NO4/c1-5-8(17-3)6(4-7(16-2)18-5)14-9(15)10(11,12)13/h5-8H,4H2,1-3H3,(H,14,15)/t5-,6+,7+,8-/m0/s1. The molecule has 1 saturated heterocycles. The van der Waals surface area contributed by atoms with Crippen molar-refractivity contribution in [3.8, 4) is 0 Å². The Kier molecular flexibility index (Phi) is 4.94. The van der Waals surface area contributed by atoms with Gasteiger partial charge in [0.1, 0.15) is 6.10 Å². The van der Waals surface area contributed by atoms with Gasteiger partial charge >= 0.3 is 12.1 Å². The normalized spacial score (nSPS) is 33.2. The van der Waals surface area contributed by atoms with Gasteiger partial charge in [-0.3, -0.25) is 4.79 Å². The minimum absolute atomic E-state index is 0.0984. The molecule has 1 fully saturated rings. The fraction of sp³-hybridized carbons (Fsp3) is 0.900. The van der Waals surface area contributed by atoms with Crippen molar-refractivity contribution in [3.05, 3.63) is 0 Å². The number of carbonyl (C=O) groups excluding carboxylic acids is 1. The SMILES string of the molecule is CO[C@H]1C[C@@H](NC(=O)C(F)(F)F)[C@@H](OC)[C@H](C)O1. The average molecular weight is 271 g/mol. The molecular formula is C10H16F3NO4. The molecule has 0 aromatic heterocycles. The minimum Gasteiger partial charge on any atom is -0.377 e. The molecule has 1 amide bonds. The summed E-state index contributed by atoms with van der Waals surface area (Å²) in [5.41, 5.74) is 0. The maximum absolute atomic E-state index is 12.2. The Morgan fingerprint density at radius 1 is 1.33 bits per heavy atom. The number of rotatable bonds is 3. The zero-order valence-corrected chi connectivity index (χ0v) is 10.3. The molecule has 5 nitrogen and oxygen atoms in total. The van der Waals surface area contributed by atoms with Gasteiger partial charge in [0.2, 0.25) is 0 Å². The summed E-state index contributed by atoms with van der Waals surface area (Å²) in [5, 5.41) is 1.91. The Labute approximate surface area is 103 Å². The van der Waals surface area contributed by atoms with E-state index < -0.39 is 36.6 Å². The molecule has 1 aliphatic heterocycles. The number of nitrogens with one attached hydrogen (secondary N) is 1. The van der Waals surface area contributed by atoms with E-state index in [1.807, 2.05) is 5.32 Å². The van der Waals surface area contributed by atoms with Crippen LogP contribution in [0, 0.1) is 0 Å². The van der Waals surface area contributed by atoms with Gasteiger partial charge < -0.3 is 19.5 Å². The van der Waals surface area contributed by atoms with E-state index in [0.29, 0.717) is 0 Å². The van der Waals surface area contributed by atoms with Crippen molar-refractivity contribution in [2.75, 3.05) is 14.2 Å². The van der Waals surface area contributed by atoms with Gasteiger partial charge in [-0.15, -0.1) is 0 Å². The molecule has 1 N–H and O–H groups in total. The van der Waals surface area contributed by atoms with Crippen LogP contribution in [0.4, 0.5) is 13.2 Å². The molecule has 0 aromatic rings. The van der Waals surface area contributed by atoms with Crippen LogP contribution in [0.5, 0.6) is 0 Å². The third-order valence-electron chi connectivity index (χ3n) is 2.78. The molecular weight excluding hydrogens is 255 g/mol. The third-order valence-corrected chi connectivity index (χ3v) is 2.78. The topological polar surface area (TPSA) is 56.8 Å². The Hall–Kier alpha value is -0.860. The molecule has 4 atom stereocenters. The van der Waals surface area contributed by atoms with Gasteiger partial charge in [-0.25, -0.2) is 0 Å². The lowest BCUT2D eigenvalue weighted by Crippen LogP contribution is -2.57. The Balaban J connectivity index is 2.73. The highest BCUT2D eigenvalue weighted by Crippen LogP contribution is 2.24. The lowest BCUT2D eigenvalue weighted by atomic mass is 9.99. The molecule has 0 bridgehead atoms. The van der Waals surface area contributed by atoms with Crippen LogP contribution >= 0.6 is 0 Å². The summed E-state index contributed by atoms with van der Waals surface area (Å²) in [7, 11) is 2.73. The highest BCUT2D eigenvalue weighted by atomic mass is 19.4. The highest BCUT2D eigenvalue weighted by Gasteiger charge is 2.44. The van der Waals surface area contributed by atoms with Crippen molar-refractivity contribution in [2.24, 2.45) is 0 Å². The van der Waals surface area contributed by atoms with Gasteiger partial charge in [0.25, 0.3) is 0 Å². The Morgan fingerprint density at radius 3 is 2.39 bits per heavy atom. The molecule has 8 heteroatoms. The van der Waals surface area contributed by atoms with Gasteiger partial charge in [0.05, 0.1) is 12.1 Å². The fourth-order valence-corrected chi connectivity index (χ4v) is 1.94. The highest BCUT2D eigenvalue weighted by molar-refractivity contribution is 5.82. The van der Waals surface area contributed by atoms with E-state index in [2.05, 4.69) is 0 Å². The van der Waals surface area contributed by atoms with E-state index in [0.717, 1.165) is 0 Å². The largest absolute Gasteiger partial charge is 0.471 e. The summed E-state index contributed by atoms with van der Waals surface area (Å²) in [6.45, 7) is 1.64. The van der Waals surface area contributed by atoms with Crippen molar-refractivity contribution in [1.82, 2.24) is 5.32 Å². The second kappa shape index (κ2) is 5.85. The molecule has 106 valence electrons. The molecule has 1 aliphatic rings. The summed E-state index contributed by atoms with van der Waals surface area (Å²) in [6, 6.07) is -0.808. The number of hydrogen-bond acceptors (Lipinski definition) is 4. The summed E-state index contributed by atoms with van der Waals surface area (Å²) < 4.78 is 51.9. The Morgan fingerprint density at radius 2 is 1.94 bits per heavy atom. The lowest BCUT2D eigenvalue weighted by molar-refractivity contribution is -0.222. The van der Waals surface area contributed by atoms with Crippen molar-refractivity contribution in [2.45, 2.75) is 44.1 Å². The number of methoxy groups -OCH3 is 2. The molecule has 0 aromatic carbocycles. The number of ether oxygens (including phenoxy) is 3. The average Bonchev–Trinajstić information content (AvgIpc) is 2.27. The van der Waals surface area contributed by atoms with E-state index in [-0.39, 0.29) is 6.42 Å². The second-order valence-electron chi connectivity index (χ2n) is 4.02. The maximum Gasteiger partial charge on any atom is 0.471 e.